The fraction of sp³-hybridized carbons (Fsp3) is 0.289. The Balaban J connectivity index is 0.000000237. The Hall–Kier alpha value is -5.71. The number of hydrogen-bond donors (Lipinski definition) is 3. The van der Waals surface area contributed by atoms with Crippen LogP contribution >= 0.6 is 0 Å². The van der Waals surface area contributed by atoms with Crippen LogP contribution in [0.15, 0.2) is 85.9 Å². The Kier molecular flexibility index (Phi) is 11.4. The van der Waals surface area contributed by atoms with Gasteiger partial charge in [-0.25, -0.2) is 9.59 Å². The van der Waals surface area contributed by atoms with Gasteiger partial charge < -0.3 is 9.47 Å². The molecular weight excluding hydrogens is 624 g/mol. The molecule has 0 bridgehead atoms. The second-order valence-corrected chi connectivity index (χ2v) is 12.7. The Morgan fingerprint density at radius 2 is 1.14 bits per heavy atom. The number of Topliss-reactive ketones (excluding diaryl/α,β-unsaturated/α-hetero) is 1. The molecule has 0 radical (unpaired) electrons. The molecule has 0 saturated heterocycles. The van der Waals surface area contributed by atoms with Crippen LogP contribution in [0, 0.1) is 27.7 Å². The highest BCUT2D eigenvalue weighted by Gasteiger charge is 2.22. The first kappa shape index (κ1) is 36.1. The number of ether oxygens (including phenoxy) is 2. The van der Waals surface area contributed by atoms with Gasteiger partial charge in [0, 0.05) is 5.56 Å². The number of benzene rings is 3. The van der Waals surface area contributed by atoms with Crippen molar-refractivity contribution in [2.24, 2.45) is 0 Å². The van der Waals surface area contributed by atoms with E-state index in [2.05, 4.69) is 15.0 Å². The molecule has 0 fully saturated rings. The number of aromatic nitrogens is 4. The Morgan fingerprint density at radius 1 is 0.653 bits per heavy atom. The summed E-state index contributed by atoms with van der Waals surface area (Å²) in [5, 5.41) is 0. The van der Waals surface area contributed by atoms with E-state index >= 15 is 0 Å². The van der Waals surface area contributed by atoms with Gasteiger partial charge in [0.15, 0.2) is 5.78 Å². The Labute approximate surface area is 283 Å². The number of H-pyrrole nitrogens is 3. The zero-order valence-corrected chi connectivity index (χ0v) is 29.0. The molecule has 11 nitrogen and oxygen atoms in total. The minimum atomic E-state index is -0.678. The van der Waals surface area contributed by atoms with Crippen LogP contribution < -0.4 is 32.0 Å². The number of ketones is 1. The van der Waals surface area contributed by atoms with Crippen molar-refractivity contribution in [2.75, 3.05) is 0 Å². The highest BCUT2D eigenvalue weighted by Crippen LogP contribution is 2.29. The number of rotatable bonds is 9. The van der Waals surface area contributed by atoms with Crippen LogP contribution in [0.3, 0.4) is 0 Å². The molecule has 0 aliphatic carbocycles. The molecule has 49 heavy (non-hydrogen) atoms. The number of nitrogens with zero attached hydrogens (tertiary/aromatic N) is 1. The lowest BCUT2D eigenvalue weighted by atomic mass is 10.1. The predicted octanol–water partition coefficient (Wildman–Crippen LogP) is 6.55. The monoisotopic (exact) mass is 666 g/mol. The van der Waals surface area contributed by atoms with Gasteiger partial charge in [-0.15, -0.1) is 0 Å². The van der Waals surface area contributed by atoms with E-state index in [1.54, 1.807) is 24.3 Å². The summed E-state index contributed by atoms with van der Waals surface area (Å²) < 4.78 is 13.0. The quantitative estimate of drug-likeness (QED) is 0.151. The standard InChI is InChI=1S/C23H24N2O4.C15H18N2O3/c1-14(2)20-21(27)24-23(28)25(13-19(26)17-8-6-5-7-9-17)22(20)29-18-11-15(3)10-16(4)12-18;1-8(2)12-13(18)16-15(19)17-14(12)20-11-6-9(3)5-10(4)7-11/h5-12,14H,13H2,1-4H3,(H,24,27,28);5-8H,1-4H3,(H2,16,17,18,19). The smallest absolute Gasteiger partial charge is 0.331 e. The molecule has 2 heterocycles. The molecule has 0 amide bonds. The van der Waals surface area contributed by atoms with E-state index in [1.165, 1.54) is 4.57 Å². The van der Waals surface area contributed by atoms with Gasteiger partial charge in [0.2, 0.25) is 11.8 Å². The van der Waals surface area contributed by atoms with E-state index in [-0.39, 0.29) is 35.9 Å². The van der Waals surface area contributed by atoms with Gasteiger partial charge >= 0.3 is 11.4 Å². The third kappa shape index (κ3) is 9.22. The maximum Gasteiger partial charge on any atom is 0.331 e. The van der Waals surface area contributed by atoms with Gasteiger partial charge in [0.05, 0.1) is 17.7 Å². The summed E-state index contributed by atoms with van der Waals surface area (Å²) in [5.41, 5.74) is 3.16. The van der Waals surface area contributed by atoms with E-state index in [1.807, 2.05) is 97.9 Å². The Morgan fingerprint density at radius 3 is 1.65 bits per heavy atom. The van der Waals surface area contributed by atoms with E-state index in [0.717, 1.165) is 22.3 Å². The molecule has 5 aromatic rings. The molecule has 0 atom stereocenters. The van der Waals surface area contributed by atoms with Gasteiger partial charge in [-0.3, -0.25) is 33.9 Å². The van der Waals surface area contributed by atoms with E-state index in [9.17, 15) is 24.0 Å². The SMILES string of the molecule is Cc1cc(C)cc(Oc2[nH]c(=O)[nH]c(=O)c2C(C)C)c1.Cc1cc(C)cc(Oc2c(C(C)C)c(=O)[nH]c(=O)n2CC(=O)c2ccccc2)c1. The van der Waals surface area contributed by atoms with Crippen molar-refractivity contribution in [3.05, 3.63) is 147 Å². The van der Waals surface area contributed by atoms with Crippen molar-refractivity contribution in [2.45, 2.75) is 73.8 Å². The summed E-state index contributed by atoms with van der Waals surface area (Å²) in [5.74, 6) is 0.900. The second-order valence-electron chi connectivity index (χ2n) is 12.7. The fourth-order valence-electron chi connectivity index (χ4n) is 5.48. The fourth-order valence-corrected chi connectivity index (χ4v) is 5.48. The second kappa shape index (κ2) is 15.5. The predicted molar refractivity (Wildman–Crippen MR) is 190 cm³/mol. The zero-order valence-electron chi connectivity index (χ0n) is 29.0. The summed E-state index contributed by atoms with van der Waals surface area (Å²) in [4.78, 5) is 68.2. The summed E-state index contributed by atoms with van der Waals surface area (Å²) in [6.45, 7) is 15.0. The van der Waals surface area contributed by atoms with Crippen molar-refractivity contribution >= 4 is 5.78 Å². The molecule has 5 rings (SSSR count). The molecule has 0 aliphatic heterocycles. The minimum Gasteiger partial charge on any atom is -0.440 e. The number of carbonyl (C=O) groups is 1. The van der Waals surface area contributed by atoms with Crippen molar-refractivity contribution in [1.82, 2.24) is 19.5 Å². The molecule has 2 aromatic heterocycles. The highest BCUT2D eigenvalue weighted by molar-refractivity contribution is 5.95. The van der Waals surface area contributed by atoms with Gasteiger partial charge in [-0.05, 0) is 86.1 Å². The normalized spacial score (nSPS) is 10.9. The van der Waals surface area contributed by atoms with E-state index in [4.69, 9.17) is 9.47 Å². The lowest BCUT2D eigenvalue weighted by molar-refractivity contribution is 0.0966. The van der Waals surface area contributed by atoms with E-state index < -0.39 is 22.5 Å². The van der Waals surface area contributed by atoms with Crippen LogP contribution in [-0.2, 0) is 6.54 Å². The number of aromatic amines is 3. The topological polar surface area (TPSA) is 156 Å². The van der Waals surface area contributed by atoms with Crippen LogP contribution in [0.2, 0.25) is 0 Å². The lowest BCUT2D eigenvalue weighted by Gasteiger charge is -2.18. The molecule has 0 unspecified atom stereocenters. The van der Waals surface area contributed by atoms with Crippen LogP contribution in [0.1, 0.15) is 83.3 Å². The zero-order chi connectivity index (χ0) is 36.0. The average molecular weight is 667 g/mol. The van der Waals surface area contributed by atoms with Crippen LogP contribution in [0.25, 0.3) is 0 Å². The molecule has 11 heteroatoms. The van der Waals surface area contributed by atoms with Crippen LogP contribution in [0.4, 0.5) is 0 Å². The minimum absolute atomic E-state index is 0.0588. The Bertz CT molecular complexity index is 2170. The van der Waals surface area contributed by atoms with Gasteiger partial charge in [-0.1, -0.05) is 70.2 Å². The maximum atomic E-state index is 12.7. The molecule has 0 saturated carbocycles. The number of nitrogens with one attached hydrogen (secondary N) is 3. The van der Waals surface area contributed by atoms with Crippen LogP contribution in [0.5, 0.6) is 23.3 Å². The first-order chi connectivity index (χ1) is 23.1. The molecular formula is C38H42N4O7. The first-order valence-corrected chi connectivity index (χ1v) is 16.0. The van der Waals surface area contributed by atoms with E-state index in [0.29, 0.717) is 28.2 Å². The lowest BCUT2D eigenvalue weighted by Crippen LogP contribution is -2.35. The maximum absolute atomic E-state index is 12.7. The third-order valence-electron chi connectivity index (χ3n) is 7.51. The summed E-state index contributed by atoms with van der Waals surface area (Å²) in [6, 6.07) is 20.1. The van der Waals surface area contributed by atoms with Crippen molar-refractivity contribution in [1.29, 1.82) is 0 Å². The summed E-state index contributed by atoms with van der Waals surface area (Å²) in [6.07, 6.45) is 0. The largest absolute Gasteiger partial charge is 0.440 e. The molecule has 0 spiro atoms. The molecule has 3 aromatic carbocycles. The van der Waals surface area contributed by atoms with Crippen molar-refractivity contribution in [3.63, 3.8) is 0 Å². The molecule has 3 N–H and O–H groups in total. The summed E-state index contributed by atoms with van der Waals surface area (Å²) >= 11 is 0. The third-order valence-corrected chi connectivity index (χ3v) is 7.51. The summed E-state index contributed by atoms with van der Waals surface area (Å²) in [7, 11) is 0. The average Bonchev–Trinajstić information content (AvgIpc) is 2.98. The highest BCUT2D eigenvalue weighted by atomic mass is 16.5. The van der Waals surface area contributed by atoms with Gasteiger partial charge in [0.1, 0.15) is 11.5 Å². The molecule has 0 aliphatic rings. The van der Waals surface area contributed by atoms with Crippen molar-refractivity contribution < 1.29 is 14.3 Å². The number of carbonyl (C=O) groups excluding carboxylic acids is 1. The van der Waals surface area contributed by atoms with Gasteiger partial charge in [-0.2, -0.15) is 0 Å². The number of hydrogen-bond acceptors (Lipinski definition) is 7. The van der Waals surface area contributed by atoms with Crippen molar-refractivity contribution in [3.8, 4) is 23.3 Å². The first-order valence-electron chi connectivity index (χ1n) is 16.0. The van der Waals surface area contributed by atoms with Crippen LogP contribution in [-0.4, -0.2) is 25.3 Å². The number of aryl methyl sites for hydroxylation is 4. The van der Waals surface area contributed by atoms with Gasteiger partial charge in [0.25, 0.3) is 11.1 Å². The molecule has 256 valence electrons.